The first kappa shape index (κ1) is 10.9. The number of halogens is 1. The zero-order chi connectivity index (χ0) is 9.68. The van der Waals surface area contributed by atoms with Crippen LogP contribution in [-0.2, 0) is 6.61 Å². The molecular weight excluding hydrogens is 204 g/mol. The van der Waals surface area contributed by atoms with Crippen LogP contribution >= 0.6 is 23.4 Å². The van der Waals surface area contributed by atoms with Crippen LogP contribution in [0, 0.1) is 0 Å². The average molecular weight is 217 g/mol. The van der Waals surface area contributed by atoms with Gasteiger partial charge in [-0.2, -0.15) is 0 Å². The molecule has 0 aliphatic rings. The van der Waals surface area contributed by atoms with Crippen molar-refractivity contribution in [2.24, 2.45) is 0 Å². The van der Waals surface area contributed by atoms with Crippen LogP contribution in [0.3, 0.4) is 0 Å². The molecule has 0 aliphatic carbocycles. The predicted octanol–water partition coefficient (Wildman–Crippen LogP) is 3.33. The Morgan fingerprint density at radius 1 is 1.46 bits per heavy atom. The van der Waals surface area contributed by atoms with Crippen LogP contribution in [0.2, 0.25) is 5.02 Å². The summed E-state index contributed by atoms with van der Waals surface area (Å²) < 4.78 is 0. The summed E-state index contributed by atoms with van der Waals surface area (Å²) in [4.78, 5) is 1.10. The summed E-state index contributed by atoms with van der Waals surface area (Å²) in [5, 5.41) is 9.60. The molecular formula is C10H13ClOS. The van der Waals surface area contributed by atoms with Crippen molar-refractivity contribution < 1.29 is 5.11 Å². The van der Waals surface area contributed by atoms with Crippen molar-refractivity contribution in [1.29, 1.82) is 0 Å². The molecule has 1 nitrogen and oxygen atoms in total. The summed E-state index contributed by atoms with van der Waals surface area (Å²) >= 11 is 7.76. The Hall–Kier alpha value is -0.180. The van der Waals surface area contributed by atoms with Gasteiger partial charge in [0, 0.05) is 4.90 Å². The number of hydrogen-bond donors (Lipinski definition) is 1. The number of rotatable bonds is 4. The summed E-state index contributed by atoms with van der Waals surface area (Å²) in [6, 6.07) is 5.69. The third-order valence-electron chi connectivity index (χ3n) is 1.64. The lowest BCUT2D eigenvalue weighted by Crippen LogP contribution is -1.84. The van der Waals surface area contributed by atoms with E-state index in [1.165, 1.54) is 0 Å². The fourth-order valence-corrected chi connectivity index (χ4v) is 2.12. The summed E-state index contributed by atoms with van der Waals surface area (Å²) in [6.07, 6.45) is 1.14. The molecule has 13 heavy (non-hydrogen) atoms. The molecule has 0 saturated carbocycles. The Kier molecular flexibility index (Phi) is 4.64. The maximum atomic E-state index is 8.86. The zero-order valence-corrected chi connectivity index (χ0v) is 9.16. The molecule has 0 amide bonds. The molecule has 0 saturated heterocycles. The number of hydrogen-bond acceptors (Lipinski definition) is 2. The van der Waals surface area contributed by atoms with Crippen molar-refractivity contribution in [2.75, 3.05) is 5.75 Å². The Balaban J connectivity index is 2.73. The van der Waals surface area contributed by atoms with E-state index in [-0.39, 0.29) is 6.61 Å². The van der Waals surface area contributed by atoms with Crippen molar-refractivity contribution in [3.63, 3.8) is 0 Å². The largest absolute Gasteiger partial charge is 0.392 e. The molecule has 0 bridgehead atoms. The highest BCUT2D eigenvalue weighted by molar-refractivity contribution is 7.99. The topological polar surface area (TPSA) is 20.2 Å². The molecule has 0 spiro atoms. The van der Waals surface area contributed by atoms with Crippen molar-refractivity contribution in [1.82, 2.24) is 0 Å². The van der Waals surface area contributed by atoms with E-state index in [1.54, 1.807) is 11.8 Å². The summed E-state index contributed by atoms with van der Waals surface area (Å²) in [5.41, 5.74) is 0.867. The van der Waals surface area contributed by atoms with E-state index in [9.17, 15) is 0 Å². The molecule has 3 heteroatoms. The molecule has 0 radical (unpaired) electrons. The van der Waals surface area contributed by atoms with Crippen LogP contribution in [0.25, 0.3) is 0 Å². The summed E-state index contributed by atoms with van der Waals surface area (Å²) in [7, 11) is 0. The second-order valence-corrected chi connectivity index (χ2v) is 4.32. The van der Waals surface area contributed by atoms with Gasteiger partial charge in [0.15, 0.2) is 0 Å². The third kappa shape index (κ3) is 3.22. The summed E-state index contributed by atoms with van der Waals surface area (Å²) in [6.45, 7) is 2.20. The molecule has 1 N–H and O–H groups in total. The maximum absolute atomic E-state index is 8.86. The van der Waals surface area contributed by atoms with Gasteiger partial charge in [-0.05, 0) is 29.9 Å². The first-order valence-corrected chi connectivity index (χ1v) is 5.66. The molecule has 0 aromatic heterocycles. The first-order valence-electron chi connectivity index (χ1n) is 4.30. The van der Waals surface area contributed by atoms with Crippen molar-refractivity contribution >= 4 is 23.4 Å². The van der Waals surface area contributed by atoms with Crippen LogP contribution in [0.4, 0.5) is 0 Å². The van der Waals surface area contributed by atoms with Gasteiger partial charge in [-0.1, -0.05) is 24.6 Å². The van der Waals surface area contributed by atoms with E-state index in [4.69, 9.17) is 16.7 Å². The Morgan fingerprint density at radius 3 is 2.77 bits per heavy atom. The highest BCUT2D eigenvalue weighted by atomic mass is 35.5. The number of aliphatic hydroxyl groups excluding tert-OH is 1. The van der Waals surface area contributed by atoms with Crippen LogP contribution in [0.1, 0.15) is 18.9 Å². The molecule has 1 rings (SSSR count). The maximum Gasteiger partial charge on any atom is 0.0682 e. The van der Waals surface area contributed by atoms with Crippen molar-refractivity contribution in [3.8, 4) is 0 Å². The summed E-state index contributed by atoms with van der Waals surface area (Å²) in [5.74, 6) is 1.08. The number of thioether (sulfide) groups is 1. The van der Waals surface area contributed by atoms with Crippen LogP contribution in [-0.4, -0.2) is 10.9 Å². The number of aliphatic hydroxyl groups is 1. The fourth-order valence-electron chi connectivity index (χ4n) is 0.972. The van der Waals surface area contributed by atoms with E-state index in [0.717, 1.165) is 27.7 Å². The standard InChI is InChI=1S/C10H13ClOS/c1-2-5-13-10-4-3-8(7-12)6-9(10)11/h3-4,6,12H,2,5,7H2,1H3. The smallest absolute Gasteiger partial charge is 0.0682 e. The Labute approximate surface area is 88.1 Å². The van der Waals surface area contributed by atoms with Crippen LogP contribution < -0.4 is 0 Å². The molecule has 0 aliphatic heterocycles. The van der Waals surface area contributed by atoms with Gasteiger partial charge in [0.2, 0.25) is 0 Å². The van der Waals surface area contributed by atoms with Crippen molar-refractivity contribution in [3.05, 3.63) is 28.8 Å². The van der Waals surface area contributed by atoms with E-state index >= 15 is 0 Å². The van der Waals surface area contributed by atoms with E-state index in [0.29, 0.717) is 0 Å². The monoisotopic (exact) mass is 216 g/mol. The molecule has 0 atom stereocenters. The lowest BCUT2D eigenvalue weighted by Gasteiger charge is -2.04. The van der Waals surface area contributed by atoms with Gasteiger partial charge in [-0.3, -0.25) is 0 Å². The van der Waals surface area contributed by atoms with E-state index in [1.807, 2.05) is 18.2 Å². The molecule has 0 unspecified atom stereocenters. The minimum absolute atomic E-state index is 0.0540. The van der Waals surface area contributed by atoms with Gasteiger partial charge in [-0.15, -0.1) is 11.8 Å². The Bertz CT molecular complexity index is 276. The zero-order valence-electron chi connectivity index (χ0n) is 7.59. The SMILES string of the molecule is CCCSc1ccc(CO)cc1Cl. The van der Waals surface area contributed by atoms with E-state index in [2.05, 4.69) is 6.92 Å². The molecule has 1 aromatic carbocycles. The fraction of sp³-hybridized carbons (Fsp3) is 0.400. The lowest BCUT2D eigenvalue weighted by atomic mass is 10.2. The minimum atomic E-state index is 0.0540. The van der Waals surface area contributed by atoms with Gasteiger partial charge in [0.1, 0.15) is 0 Å². The molecule has 0 fully saturated rings. The second kappa shape index (κ2) is 5.53. The highest BCUT2D eigenvalue weighted by Crippen LogP contribution is 2.28. The first-order chi connectivity index (χ1) is 6.27. The molecule has 1 aromatic rings. The molecule has 0 heterocycles. The minimum Gasteiger partial charge on any atom is -0.392 e. The number of benzene rings is 1. The predicted molar refractivity (Wildman–Crippen MR) is 58.4 cm³/mol. The lowest BCUT2D eigenvalue weighted by molar-refractivity contribution is 0.282. The normalized spacial score (nSPS) is 10.4. The van der Waals surface area contributed by atoms with Crippen molar-refractivity contribution in [2.45, 2.75) is 24.8 Å². The second-order valence-electron chi connectivity index (χ2n) is 2.77. The Morgan fingerprint density at radius 2 is 2.23 bits per heavy atom. The molecule has 72 valence electrons. The third-order valence-corrected chi connectivity index (χ3v) is 3.34. The average Bonchev–Trinajstić information content (AvgIpc) is 2.16. The van der Waals surface area contributed by atoms with Gasteiger partial charge in [0.05, 0.1) is 11.6 Å². The van der Waals surface area contributed by atoms with Gasteiger partial charge in [-0.25, -0.2) is 0 Å². The quantitative estimate of drug-likeness (QED) is 0.780. The van der Waals surface area contributed by atoms with Gasteiger partial charge in [0.25, 0.3) is 0 Å². The van der Waals surface area contributed by atoms with Gasteiger partial charge >= 0.3 is 0 Å². The van der Waals surface area contributed by atoms with E-state index < -0.39 is 0 Å². The van der Waals surface area contributed by atoms with Crippen LogP contribution in [0.15, 0.2) is 23.1 Å². The van der Waals surface area contributed by atoms with Crippen LogP contribution in [0.5, 0.6) is 0 Å². The van der Waals surface area contributed by atoms with Gasteiger partial charge < -0.3 is 5.11 Å². The highest BCUT2D eigenvalue weighted by Gasteiger charge is 2.01.